The van der Waals surface area contributed by atoms with Crippen LogP contribution >= 0.6 is 11.6 Å². The first-order valence-electron chi connectivity index (χ1n) is 4.66. The normalized spacial score (nSPS) is 14.8. The first kappa shape index (κ1) is 9.36. The number of nitriles is 1. The molecule has 1 heterocycles. The van der Waals surface area contributed by atoms with E-state index in [9.17, 15) is 0 Å². The predicted octanol–water partition coefficient (Wildman–Crippen LogP) is 2.59. The minimum atomic E-state index is 0.647. The third kappa shape index (κ3) is 1.44. The van der Waals surface area contributed by atoms with Gasteiger partial charge in [-0.15, -0.1) is 0 Å². The molecule has 0 aliphatic carbocycles. The maximum Gasteiger partial charge on any atom is 0.0995 e. The van der Waals surface area contributed by atoms with E-state index < -0.39 is 0 Å². The van der Waals surface area contributed by atoms with Gasteiger partial charge in [0.25, 0.3) is 0 Å². The summed E-state index contributed by atoms with van der Waals surface area (Å²) < 4.78 is 0. The Hall–Kier alpha value is -1.20. The van der Waals surface area contributed by atoms with Gasteiger partial charge in [0.05, 0.1) is 11.6 Å². The Morgan fingerprint density at radius 2 is 2.29 bits per heavy atom. The van der Waals surface area contributed by atoms with Crippen LogP contribution in [0.25, 0.3) is 0 Å². The Balaban J connectivity index is 2.62. The van der Waals surface area contributed by atoms with Crippen molar-refractivity contribution in [3.63, 3.8) is 0 Å². The lowest BCUT2D eigenvalue weighted by atomic mass is 9.97. The summed E-state index contributed by atoms with van der Waals surface area (Å²) in [6, 6.07) is 5.90. The Labute approximate surface area is 88.7 Å². The van der Waals surface area contributed by atoms with Crippen LogP contribution in [0.3, 0.4) is 0 Å². The highest BCUT2D eigenvalue weighted by Gasteiger charge is 2.17. The van der Waals surface area contributed by atoms with Crippen LogP contribution in [0.5, 0.6) is 0 Å². The highest BCUT2D eigenvalue weighted by molar-refractivity contribution is 6.31. The minimum absolute atomic E-state index is 0.647. The molecular formula is C11H11ClN2. The van der Waals surface area contributed by atoms with E-state index in [4.69, 9.17) is 16.9 Å². The van der Waals surface area contributed by atoms with E-state index in [-0.39, 0.29) is 0 Å². The first-order valence-corrected chi connectivity index (χ1v) is 5.04. The molecule has 1 aromatic carbocycles. The number of halogens is 1. The minimum Gasteiger partial charge on any atom is -0.374 e. The highest BCUT2D eigenvalue weighted by atomic mass is 35.5. The third-order valence-corrected chi connectivity index (χ3v) is 2.86. The topological polar surface area (TPSA) is 27.0 Å². The summed E-state index contributed by atoms with van der Waals surface area (Å²) in [5.41, 5.74) is 2.98. The smallest absolute Gasteiger partial charge is 0.0995 e. The maximum atomic E-state index is 8.98. The summed E-state index contributed by atoms with van der Waals surface area (Å²) in [5.74, 6) is 0. The molecule has 1 aliphatic rings. The van der Waals surface area contributed by atoms with Crippen LogP contribution in [-0.2, 0) is 6.42 Å². The fourth-order valence-electron chi connectivity index (χ4n) is 1.94. The fraction of sp³-hybridized carbons (Fsp3) is 0.364. The number of anilines is 1. The Morgan fingerprint density at radius 3 is 3.00 bits per heavy atom. The van der Waals surface area contributed by atoms with E-state index in [1.165, 1.54) is 0 Å². The van der Waals surface area contributed by atoms with Gasteiger partial charge in [-0.25, -0.2) is 0 Å². The van der Waals surface area contributed by atoms with Gasteiger partial charge in [0.2, 0.25) is 0 Å². The van der Waals surface area contributed by atoms with Crippen LogP contribution in [0.2, 0.25) is 5.02 Å². The Kier molecular flexibility index (Phi) is 2.35. The predicted molar refractivity (Wildman–Crippen MR) is 57.8 cm³/mol. The lowest BCUT2D eigenvalue weighted by molar-refractivity contribution is 0.743. The number of nitrogens with zero attached hydrogens (tertiary/aromatic N) is 2. The largest absolute Gasteiger partial charge is 0.374 e. The van der Waals surface area contributed by atoms with Crippen molar-refractivity contribution in [2.75, 3.05) is 18.5 Å². The molecule has 0 spiro atoms. The molecule has 0 saturated carbocycles. The third-order valence-electron chi connectivity index (χ3n) is 2.64. The lowest BCUT2D eigenvalue weighted by Gasteiger charge is -2.28. The van der Waals surface area contributed by atoms with Crippen LogP contribution in [0, 0.1) is 11.3 Å². The average Bonchev–Trinajstić information content (AvgIpc) is 2.18. The van der Waals surface area contributed by atoms with Crippen molar-refractivity contribution in [1.29, 1.82) is 5.26 Å². The number of rotatable bonds is 0. The quantitative estimate of drug-likeness (QED) is 0.653. The van der Waals surface area contributed by atoms with Crippen molar-refractivity contribution < 1.29 is 0 Å². The second-order valence-electron chi connectivity index (χ2n) is 3.59. The van der Waals surface area contributed by atoms with E-state index >= 15 is 0 Å². The second kappa shape index (κ2) is 3.51. The molecule has 0 radical (unpaired) electrons. The van der Waals surface area contributed by atoms with Crippen molar-refractivity contribution >= 4 is 17.3 Å². The van der Waals surface area contributed by atoms with Crippen molar-refractivity contribution in [1.82, 2.24) is 0 Å². The lowest BCUT2D eigenvalue weighted by Crippen LogP contribution is -2.25. The summed E-state index contributed by atoms with van der Waals surface area (Å²) in [6.45, 7) is 1.04. The maximum absolute atomic E-state index is 8.98. The van der Waals surface area contributed by atoms with Crippen LogP contribution in [0.4, 0.5) is 5.69 Å². The van der Waals surface area contributed by atoms with E-state index in [1.807, 2.05) is 13.1 Å². The van der Waals surface area contributed by atoms with Crippen molar-refractivity contribution in [3.8, 4) is 6.07 Å². The summed E-state index contributed by atoms with van der Waals surface area (Å²) >= 11 is 5.95. The number of hydrogen-bond donors (Lipinski definition) is 0. The van der Waals surface area contributed by atoms with Crippen LogP contribution in [0.15, 0.2) is 12.1 Å². The SMILES string of the molecule is CN1CCCc2c(C#N)cc(Cl)cc21. The summed E-state index contributed by atoms with van der Waals surface area (Å²) in [4.78, 5) is 2.16. The summed E-state index contributed by atoms with van der Waals surface area (Å²) in [6.07, 6.45) is 2.10. The fourth-order valence-corrected chi connectivity index (χ4v) is 2.15. The number of hydrogen-bond acceptors (Lipinski definition) is 2. The van der Waals surface area contributed by atoms with E-state index in [0.717, 1.165) is 36.2 Å². The molecule has 1 aliphatic heterocycles. The molecule has 0 unspecified atom stereocenters. The zero-order chi connectivity index (χ0) is 10.1. The van der Waals surface area contributed by atoms with Gasteiger partial charge in [0.15, 0.2) is 0 Å². The highest BCUT2D eigenvalue weighted by Crippen LogP contribution is 2.31. The molecule has 14 heavy (non-hydrogen) atoms. The molecule has 2 nitrogen and oxygen atoms in total. The van der Waals surface area contributed by atoms with Gasteiger partial charge >= 0.3 is 0 Å². The van der Waals surface area contributed by atoms with Gasteiger partial charge in [0, 0.05) is 24.3 Å². The molecule has 3 heteroatoms. The molecule has 72 valence electrons. The monoisotopic (exact) mass is 206 g/mol. The Bertz CT molecular complexity index is 406. The molecule has 0 fully saturated rings. The molecule has 0 saturated heterocycles. The van der Waals surface area contributed by atoms with E-state index in [1.54, 1.807) is 6.07 Å². The molecule has 0 aromatic heterocycles. The zero-order valence-corrected chi connectivity index (χ0v) is 8.80. The molecule has 2 rings (SSSR count). The van der Waals surface area contributed by atoms with Crippen molar-refractivity contribution in [3.05, 3.63) is 28.3 Å². The van der Waals surface area contributed by atoms with Gasteiger partial charge in [-0.3, -0.25) is 0 Å². The molecule has 1 aromatic rings. The second-order valence-corrected chi connectivity index (χ2v) is 4.02. The molecule has 0 N–H and O–H groups in total. The summed E-state index contributed by atoms with van der Waals surface area (Å²) in [5, 5.41) is 9.62. The van der Waals surface area contributed by atoms with Crippen LogP contribution in [0.1, 0.15) is 17.5 Å². The van der Waals surface area contributed by atoms with Crippen LogP contribution in [-0.4, -0.2) is 13.6 Å². The van der Waals surface area contributed by atoms with Gasteiger partial charge < -0.3 is 4.90 Å². The van der Waals surface area contributed by atoms with Gasteiger partial charge in [0.1, 0.15) is 0 Å². The van der Waals surface area contributed by atoms with Gasteiger partial charge in [-0.2, -0.15) is 5.26 Å². The standard InChI is InChI=1S/C11H11ClN2/c1-14-4-2-3-10-8(7-13)5-9(12)6-11(10)14/h5-6H,2-4H2,1H3. The average molecular weight is 207 g/mol. The molecule has 0 amide bonds. The zero-order valence-electron chi connectivity index (χ0n) is 8.05. The number of fused-ring (bicyclic) bond motifs is 1. The summed E-state index contributed by atoms with van der Waals surface area (Å²) in [7, 11) is 2.04. The van der Waals surface area contributed by atoms with Gasteiger partial charge in [-0.1, -0.05) is 11.6 Å². The van der Waals surface area contributed by atoms with Crippen LogP contribution < -0.4 is 4.90 Å². The van der Waals surface area contributed by atoms with Crippen molar-refractivity contribution in [2.45, 2.75) is 12.8 Å². The molecule has 0 atom stereocenters. The molecule has 0 bridgehead atoms. The Morgan fingerprint density at radius 1 is 1.50 bits per heavy atom. The van der Waals surface area contributed by atoms with E-state index in [0.29, 0.717) is 5.02 Å². The van der Waals surface area contributed by atoms with Gasteiger partial charge in [-0.05, 0) is 30.5 Å². The van der Waals surface area contributed by atoms with Crippen molar-refractivity contribution in [2.24, 2.45) is 0 Å². The number of benzene rings is 1. The van der Waals surface area contributed by atoms with E-state index in [2.05, 4.69) is 11.0 Å². The molecular weight excluding hydrogens is 196 g/mol. The first-order chi connectivity index (χ1) is 6.72.